The van der Waals surface area contributed by atoms with Crippen LogP contribution < -0.4 is 5.32 Å². The summed E-state index contributed by atoms with van der Waals surface area (Å²) in [6, 6.07) is 3.55. The van der Waals surface area contributed by atoms with Crippen LogP contribution >= 0.6 is 22.9 Å². The van der Waals surface area contributed by atoms with Gasteiger partial charge in [-0.15, -0.1) is 11.3 Å². The van der Waals surface area contributed by atoms with E-state index in [2.05, 4.69) is 5.32 Å². The molecule has 1 aromatic rings. The Bertz CT molecular complexity index is 521. The van der Waals surface area contributed by atoms with Crippen molar-refractivity contribution in [3.8, 4) is 0 Å². The van der Waals surface area contributed by atoms with Crippen LogP contribution in [0, 0.1) is 0 Å². The van der Waals surface area contributed by atoms with Gasteiger partial charge in [-0.1, -0.05) is 25.4 Å². The summed E-state index contributed by atoms with van der Waals surface area (Å²) in [5.41, 5.74) is 0. The number of hydrogen-bond donors (Lipinski definition) is 1. The van der Waals surface area contributed by atoms with Crippen molar-refractivity contribution in [2.24, 2.45) is 0 Å². The summed E-state index contributed by atoms with van der Waals surface area (Å²) in [6.07, 6.45) is 1.07. The van der Waals surface area contributed by atoms with Crippen molar-refractivity contribution in [3.05, 3.63) is 21.3 Å². The predicted molar refractivity (Wildman–Crippen MR) is 79.3 cm³/mol. The van der Waals surface area contributed by atoms with Gasteiger partial charge in [-0.2, -0.15) is 0 Å². The van der Waals surface area contributed by atoms with Crippen LogP contribution in [0.15, 0.2) is 12.1 Å². The molecule has 1 amide bonds. The van der Waals surface area contributed by atoms with Crippen LogP contribution in [-0.4, -0.2) is 25.3 Å². The van der Waals surface area contributed by atoms with E-state index < -0.39 is 26.7 Å². The lowest BCUT2D eigenvalue weighted by atomic mass is 10.3. The topological polar surface area (TPSA) is 63.2 Å². The normalized spacial score (nSPS) is 11.8. The van der Waals surface area contributed by atoms with E-state index in [4.69, 9.17) is 11.6 Å². The molecule has 1 heterocycles. The summed E-state index contributed by atoms with van der Waals surface area (Å²) in [6.45, 7) is 3.95. The first kappa shape index (κ1) is 16.5. The highest BCUT2D eigenvalue weighted by Crippen LogP contribution is 2.21. The van der Waals surface area contributed by atoms with E-state index in [1.807, 2.05) is 19.9 Å². The van der Waals surface area contributed by atoms with Crippen LogP contribution in [0.1, 0.15) is 31.6 Å². The highest BCUT2D eigenvalue weighted by atomic mass is 35.5. The summed E-state index contributed by atoms with van der Waals surface area (Å²) in [4.78, 5) is 12.6. The number of halogens is 1. The Kier molecular flexibility index (Phi) is 6.29. The summed E-state index contributed by atoms with van der Waals surface area (Å²) in [5.74, 6) is -0.908. The summed E-state index contributed by atoms with van der Waals surface area (Å²) in [7, 11) is -3.36. The van der Waals surface area contributed by atoms with Crippen molar-refractivity contribution in [1.82, 2.24) is 5.32 Å². The van der Waals surface area contributed by atoms with Crippen molar-refractivity contribution in [2.75, 3.05) is 5.75 Å². The Morgan fingerprint density at radius 2 is 2.00 bits per heavy atom. The van der Waals surface area contributed by atoms with Gasteiger partial charge in [0.2, 0.25) is 5.91 Å². The lowest BCUT2D eigenvalue weighted by Crippen LogP contribution is -2.34. The molecule has 0 atom stereocenters. The number of carbonyl (C=O) groups excluding carboxylic acids is 1. The van der Waals surface area contributed by atoms with E-state index >= 15 is 0 Å². The number of sulfone groups is 1. The quantitative estimate of drug-likeness (QED) is 0.839. The van der Waals surface area contributed by atoms with Crippen molar-refractivity contribution < 1.29 is 13.2 Å². The third kappa shape index (κ3) is 5.12. The maximum Gasteiger partial charge on any atom is 0.235 e. The fourth-order valence-electron chi connectivity index (χ4n) is 1.78. The monoisotopic (exact) mass is 323 g/mol. The molecule has 0 bridgehead atoms. The van der Waals surface area contributed by atoms with Crippen LogP contribution in [0.4, 0.5) is 0 Å². The number of hydrogen-bond acceptors (Lipinski definition) is 4. The third-order valence-corrected chi connectivity index (χ3v) is 6.42. The molecule has 0 saturated heterocycles. The zero-order chi connectivity index (χ0) is 14.5. The van der Waals surface area contributed by atoms with Crippen molar-refractivity contribution in [3.63, 3.8) is 0 Å². The molecule has 7 heteroatoms. The maximum atomic E-state index is 11.9. The lowest BCUT2D eigenvalue weighted by Gasteiger charge is -2.13. The van der Waals surface area contributed by atoms with Gasteiger partial charge in [0.25, 0.3) is 0 Å². The Morgan fingerprint density at radius 1 is 1.37 bits per heavy atom. The standard InChI is InChI=1S/C12H18ClNO3S2/c1-3-10(4-2)19(16,17)8-12(15)14-7-9-5-6-11(13)18-9/h5-6,10H,3-4,7-8H2,1-2H3,(H,14,15). The Morgan fingerprint density at radius 3 is 2.47 bits per heavy atom. The summed E-state index contributed by atoms with van der Waals surface area (Å²) < 4.78 is 24.5. The number of thiophene rings is 1. The zero-order valence-electron chi connectivity index (χ0n) is 11.0. The Hall–Kier alpha value is -0.590. The average Bonchev–Trinajstić information content (AvgIpc) is 2.73. The van der Waals surface area contributed by atoms with Crippen LogP contribution in [0.3, 0.4) is 0 Å². The van der Waals surface area contributed by atoms with Crippen LogP contribution in [0.2, 0.25) is 4.34 Å². The first-order valence-corrected chi connectivity index (χ1v) is 9.02. The van der Waals surface area contributed by atoms with Gasteiger partial charge in [-0.05, 0) is 25.0 Å². The first-order chi connectivity index (χ1) is 8.89. The number of amides is 1. The summed E-state index contributed by atoms with van der Waals surface area (Å²) in [5, 5.41) is 2.17. The molecule has 0 radical (unpaired) electrons. The van der Waals surface area contributed by atoms with Crippen LogP contribution in [0.25, 0.3) is 0 Å². The molecular formula is C12H18ClNO3S2. The lowest BCUT2D eigenvalue weighted by molar-refractivity contribution is -0.118. The second-order valence-electron chi connectivity index (χ2n) is 4.23. The molecule has 1 aromatic heterocycles. The molecule has 0 spiro atoms. The predicted octanol–water partition coefficient (Wildman–Crippen LogP) is 2.62. The van der Waals surface area contributed by atoms with E-state index in [1.165, 1.54) is 11.3 Å². The minimum Gasteiger partial charge on any atom is -0.350 e. The minimum absolute atomic E-state index is 0.314. The molecule has 0 aliphatic heterocycles. The fraction of sp³-hybridized carbons (Fsp3) is 0.583. The highest BCUT2D eigenvalue weighted by molar-refractivity contribution is 7.92. The second-order valence-corrected chi connectivity index (χ2v) is 8.31. The minimum atomic E-state index is -3.36. The molecule has 0 unspecified atom stereocenters. The van der Waals surface area contributed by atoms with Crippen molar-refractivity contribution in [1.29, 1.82) is 0 Å². The molecule has 0 saturated carbocycles. The van der Waals surface area contributed by atoms with Gasteiger partial charge < -0.3 is 5.32 Å². The van der Waals surface area contributed by atoms with Gasteiger partial charge in [-0.25, -0.2) is 8.42 Å². The highest BCUT2D eigenvalue weighted by Gasteiger charge is 2.25. The molecule has 108 valence electrons. The zero-order valence-corrected chi connectivity index (χ0v) is 13.4. The van der Waals surface area contributed by atoms with Gasteiger partial charge in [0, 0.05) is 4.88 Å². The Balaban J connectivity index is 2.51. The molecule has 0 aliphatic carbocycles. The molecule has 1 rings (SSSR count). The van der Waals surface area contributed by atoms with Crippen LogP contribution in [0.5, 0.6) is 0 Å². The number of rotatable bonds is 7. The van der Waals surface area contributed by atoms with Gasteiger partial charge in [0.15, 0.2) is 9.84 Å². The molecule has 4 nitrogen and oxygen atoms in total. The van der Waals surface area contributed by atoms with Crippen molar-refractivity contribution >= 4 is 38.7 Å². The fourth-order valence-corrected chi connectivity index (χ4v) is 4.53. The number of nitrogens with one attached hydrogen (secondary N) is 1. The van der Waals surface area contributed by atoms with Crippen LogP contribution in [-0.2, 0) is 21.2 Å². The van der Waals surface area contributed by atoms with Crippen molar-refractivity contribution in [2.45, 2.75) is 38.5 Å². The van der Waals surface area contributed by atoms with Gasteiger partial charge in [0.05, 0.1) is 16.1 Å². The Labute approximate surface area is 123 Å². The van der Waals surface area contributed by atoms with E-state index in [9.17, 15) is 13.2 Å². The molecule has 0 aromatic carbocycles. The van der Waals surface area contributed by atoms with Gasteiger partial charge in [-0.3, -0.25) is 4.79 Å². The van der Waals surface area contributed by atoms with Gasteiger partial charge in [0.1, 0.15) is 5.75 Å². The maximum absolute atomic E-state index is 11.9. The summed E-state index contributed by atoms with van der Waals surface area (Å²) >= 11 is 7.14. The average molecular weight is 324 g/mol. The molecular weight excluding hydrogens is 306 g/mol. The van der Waals surface area contributed by atoms with E-state index in [0.29, 0.717) is 23.7 Å². The van der Waals surface area contributed by atoms with E-state index in [0.717, 1.165) is 4.88 Å². The van der Waals surface area contributed by atoms with E-state index in [-0.39, 0.29) is 0 Å². The SMILES string of the molecule is CCC(CC)S(=O)(=O)CC(=O)NCc1ccc(Cl)s1. The second kappa shape index (κ2) is 7.26. The molecule has 19 heavy (non-hydrogen) atoms. The smallest absolute Gasteiger partial charge is 0.235 e. The largest absolute Gasteiger partial charge is 0.350 e. The molecule has 1 N–H and O–H groups in total. The molecule has 0 fully saturated rings. The van der Waals surface area contributed by atoms with Gasteiger partial charge >= 0.3 is 0 Å². The first-order valence-electron chi connectivity index (χ1n) is 6.11. The molecule has 0 aliphatic rings. The number of carbonyl (C=O) groups is 1. The third-order valence-electron chi connectivity index (χ3n) is 2.84. The van der Waals surface area contributed by atoms with E-state index in [1.54, 1.807) is 6.07 Å².